The monoisotopic (exact) mass is 227 g/mol. The second-order valence-electron chi connectivity index (χ2n) is 4.20. The Morgan fingerprint density at radius 2 is 1.82 bits per heavy atom. The zero-order chi connectivity index (χ0) is 12.3. The summed E-state index contributed by atoms with van der Waals surface area (Å²) in [7, 11) is 0. The average molecular weight is 227 g/mol. The van der Waals surface area contributed by atoms with Gasteiger partial charge in [0.05, 0.1) is 0 Å². The van der Waals surface area contributed by atoms with Crippen molar-refractivity contribution in [3.05, 3.63) is 59.5 Å². The summed E-state index contributed by atoms with van der Waals surface area (Å²) in [6.07, 6.45) is 0. The van der Waals surface area contributed by atoms with Crippen LogP contribution in [0, 0.1) is 6.92 Å². The highest BCUT2D eigenvalue weighted by molar-refractivity contribution is 5.98. The zero-order valence-corrected chi connectivity index (χ0v) is 10.5. The lowest BCUT2D eigenvalue weighted by Gasteiger charge is -2.06. The lowest BCUT2D eigenvalue weighted by Crippen LogP contribution is -1.97. The minimum atomic E-state index is 0.0592. The maximum Gasteiger partial charge on any atom is 0.128 e. The molecule has 0 amide bonds. The third-order valence-electron chi connectivity index (χ3n) is 2.75. The van der Waals surface area contributed by atoms with Gasteiger partial charge in [-0.1, -0.05) is 30.3 Å². The molecule has 0 bridgehead atoms. The van der Waals surface area contributed by atoms with Crippen LogP contribution < -0.4 is 0 Å². The van der Waals surface area contributed by atoms with Crippen LogP contribution in [0.5, 0.6) is 0 Å². The molecule has 0 aliphatic heterocycles. The van der Waals surface area contributed by atoms with Crippen LogP contribution in [0.25, 0.3) is 0 Å². The Morgan fingerprint density at radius 1 is 1.12 bits per heavy atom. The van der Waals surface area contributed by atoms with Crippen molar-refractivity contribution in [2.24, 2.45) is 4.99 Å². The van der Waals surface area contributed by atoms with Crippen molar-refractivity contribution in [1.82, 2.24) is 0 Å². The fraction of sp³-hybridized carbons (Fsp3) is 0.267. The van der Waals surface area contributed by atoms with Gasteiger partial charge in [0.2, 0.25) is 0 Å². The molecule has 88 valence electrons. The molecular formula is C15H17NO. The summed E-state index contributed by atoms with van der Waals surface area (Å²) < 4.78 is 5.57. The van der Waals surface area contributed by atoms with Crippen LogP contribution in [0.15, 0.2) is 51.9 Å². The molecular weight excluding hydrogens is 210 g/mol. The molecule has 0 aliphatic carbocycles. The van der Waals surface area contributed by atoms with Crippen molar-refractivity contribution < 1.29 is 4.42 Å². The van der Waals surface area contributed by atoms with E-state index in [1.54, 1.807) is 0 Å². The minimum absolute atomic E-state index is 0.0592. The van der Waals surface area contributed by atoms with Crippen LogP contribution in [0.4, 0.5) is 0 Å². The van der Waals surface area contributed by atoms with Gasteiger partial charge in [0.15, 0.2) is 0 Å². The van der Waals surface area contributed by atoms with Crippen LogP contribution >= 0.6 is 0 Å². The molecule has 2 rings (SSSR count). The normalized spacial score (nSPS) is 13.7. The maximum atomic E-state index is 5.57. The van der Waals surface area contributed by atoms with Gasteiger partial charge in [-0.15, -0.1) is 0 Å². The van der Waals surface area contributed by atoms with Gasteiger partial charge >= 0.3 is 0 Å². The second-order valence-corrected chi connectivity index (χ2v) is 4.20. The van der Waals surface area contributed by atoms with Crippen molar-refractivity contribution in [3.63, 3.8) is 0 Å². The highest BCUT2D eigenvalue weighted by Crippen LogP contribution is 2.20. The number of benzene rings is 1. The standard InChI is InChI=1S/C15H17NO/c1-11-9-10-15(17-11)13(3)16-12(2)14-7-5-4-6-8-14/h4-10,13H,1-3H3/t13-/m1/s1. The van der Waals surface area contributed by atoms with Gasteiger partial charge < -0.3 is 4.42 Å². The molecule has 0 radical (unpaired) electrons. The molecule has 1 heterocycles. The van der Waals surface area contributed by atoms with E-state index < -0.39 is 0 Å². The van der Waals surface area contributed by atoms with E-state index in [2.05, 4.69) is 17.1 Å². The first-order valence-electron chi connectivity index (χ1n) is 5.83. The van der Waals surface area contributed by atoms with Crippen molar-refractivity contribution in [3.8, 4) is 0 Å². The lowest BCUT2D eigenvalue weighted by atomic mass is 10.1. The van der Waals surface area contributed by atoms with Crippen LogP contribution in [0.3, 0.4) is 0 Å². The van der Waals surface area contributed by atoms with E-state index in [1.165, 1.54) is 0 Å². The van der Waals surface area contributed by atoms with Gasteiger partial charge in [-0.2, -0.15) is 0 Å². The second kappa shape index (κ2) is 5.00. The Bertz CT molecular complexity index is 511. The van der Waals surface area contributed by atoms with Gasteiger partial charge in [0, 0.05) is 5.71 Å². The molecule has 2 nitrogen and oxygen atoms in total. The largest absolute Gasteiger partial charge is 0.464 e. The number of nitrogens with zero attached hydrogens (tertiary/aromatic N) is 1. The first-order valence-corrected chi connectivity index (χ1v) is 5.83. The fourth-order valence-electron chi connectivity index (χ4n) is 1.79. The molecule has 0 saturated heterocycles. The van der Waals surface area contributed by atoms with Gasteiger partial charge in [0.1, 0.15) is 17.6 Å². The van der Waals surface area contributed by atoms with Crippen molar-refractivity contribution in [2.45, 2.75) is 26.8 Å². The van der Waals surface area contributed by atoms with Crippen LogP contribution in [-0.4, -0.2) is 5.71 Å². The molecule has 1 atom stereocenters. The molecule has 2 heteroatoms. The van der Waals surface area contributed by atoms with Crippen molar-refractivity contribution in [2.75, 3.05) is 0 Å². The van der Waals surface area contributed by atoms with Crippen molar-refractivity contribution in [1.29, 1.82) is 0 Å². The topological polar surface area (TPSA) is 25.5 Å². The van der Waals surface area contributed by atoms with E-state index in [9.17, 15) is 0 Å². The highest BCUT2D eigenvalue weighted by Gasteiger charge is 2.08. The molecule has 1 aromatic carbocycles. The third-order valence-corrected chi connectivity index (χ3v) is 2.75. The van der Waals surface area contributed by atoms with Crippen LogP contribution in [-0.2, 0) is 0 Å². The smallest absolute Gasteiger partial charge is 0.128 e. The summed E-state index contributed by atoms with van der Waals surface area (Å²) in [5, 5.41) is 0. The predicted molar refractivity (Wildman–Crippen MR) is 70.5 cm³/mol. The number of hydrogen-bond donors (Lipinski definition) is 0. The Kier molecular flexibility index (Phi) is 3.43. The van der Waals surface area contributed by atoms with Gasteiger partial charge in [0.25, 0.3) is 0 Å². The molecule has 2 aromatic rings. The molecule has 0 unspecified atom stereocenters. The molecule has 0 aliphatic rings. The number of furan rings is 1. The third kappa shape index (κ3) is 2.84. The zero-order valence-electron chi connectivity index (χ0n) is 10.5. The molecule has 1 aromatic heterocycles. The summed E-state index contributed by atoms with van der Waals surface area (Å²) in [4.78, 5) is 4.65. The maximum absolute atomic E-state index is 5.57. The van der Waals surface area contributed by atoms with E-state index in [0.717, 1.165) is 22.8 Å². The van der Waals surface area contributed by atoms with Crippen molar-refractivity contribution >= 4 is 5.71 Å². The van der Waals surface area contributed by atoms with Gasteiger partial charge in [-0.05, 0) is 38.5 Å². The summed E-state index contributed by atoms with van der Waals surface area (Å²) in [5.74, 6) is 1.84. The van der Waals surface area contributed by atoms with E-state index in [0.29, 0.717) is 0 Å². The van der Waals surface area contributed by atoms with Crippen LogP contribution in [0.1, 0.15) is 37.0 Å². The fourth-order valence-corrected chi connectivity index (χ4v) is 1.79. The number of hydrogen-bond acceptors (Lipinski definition) is 2. The first kappa shape index (κ1) is 11.6. The quantitative estimate of drug-likeness (QED) is 0.723. The molecule has 17 heavy (non-hydrogen) atoms. The minimum Gasteiger partial charge on any atom is -0.464 e. The number of aliphatic imine (C=N–C) groups is 1. The molecule has 0 spiro atoms. The number of rotatable bonds is 3. The summed E-state index contributed by atoms with van der Waals surface area (Å²) >= 11 is 0. The summed E-state index contributed by atoms with van der Waals surface area (Å²) in [6.45, 7) is 6.02. The molecule has 0 fully saturated rings. The summed E-state index contributed by atoms with van der Waals surface area (Å²) in [6, 6.07) is 14.2. The molecule has 0 saturated carbocycles. The number of aryl methyl sites for hydroxylation is 1. The Labute approximate surface area is 102 Å². The van der Waals surface area contributed by atoms with E-state index >= 15 is 0 Å². The van der Waals surface area contributed by atoms with Gasteiger partial charge in [-0.25, -0.2) is 0 Å². The van der Waals surface area contributed by atoms with Gasteiger partial charge in [-0.3, -0.25) is 4.99 Å². The van der Waals surface area contributed by atoms with E-state index in [-0.39, 0.29) is 6.04 Å². The average Bonchev–Trinajstić information content (AvgIpc) is 2.77. The highest BCUT2D eigenvalue weighted by atomic mass is 16.3. The Hall–Kier alpha value is -1.83. The Balaban J connectivity index is 2.19. The first-order chi connectivity index (χ1) is 8.16. The molecule has 0 N–H and O–H groups in total. The van der Waals surface area contributed by atoms with E-state index in [1.807, 2.05) is 51.1 Å². The predicted octanol–water partition coefficient (Wildman–Crippen LogP) is 4.16. The lowest BCUT2D eigenvalue weighted by molar-refractivity contribution is 0.458. The van der Waals surface area contributed by atoms with E-state index in [4.69, 9.17) is 4.42 Å². The Morgan fingerprint density at radius 3 is 2.41 bits per heavy atom. The SMILES string of the molecule is CC(=N[C@H](C)c1ccc(C)o1)c1ccccc1. The summed E-state index contributed by atoms with van der Waals surface area (Å²) in [5.41, 5.74) is 2.19. The van der Waals surface area contributed by atoms with Crippen LogP contribution in [0.2, 0.25) is 0 Å².